The summed E-state index contributed by atoms with van der Waals surface area (Å²) in [5, 5.41) is 0.420. The van der Waals surface area contributed by atoms with E-state index in [4.69, 9.17) is 17.3 Å². The van der Waals surface area contributed by atoms with Gasteiger partial charge in [-0.3, -0.25) is 4.90 Å². The molecule has 0 saturated carbocycles. The molecule has 0 atom stereocenters. The summed E-state index contributed by atoms with van der Waals surface area (Å²) >= 11 is 5.78. The smallest absolute Gasteiger partial charge is 0.242 e. The normalized spacial score (nSPS) is 18.0. The highest BCUT2D eigenvalue weighted by molar-refractivity contribution is 7.89. The Morgan fingerprint density at radius 1 is 1.29 bits per heavy atom. The topological polar surface area (TPSA) is 78.7 Å². The van der Waals surface area contributed by atoms with Gasteiger partial charge in [-0.1, -0.05) is 11.6 Å². The molecule has 1 saturated heterocycles. The van der Waals surface area contributed by atoms with E-state index in [2.05, 4.69) is 21.6 Å². The first kappa shape index (κ1) is 16.5. The molecular formula is C13H21ClN4O2S. The summed E-state index contributed by atoms with van der Waals surface area (Å²) in [5.74, 6) is 0. The molecule has 1 aromatic carbocycles. The zero-order valence-corrected chi connectivity index (χ0v) is 13.6. The van der Waals surface area contributed by atoms with Gasteiger partial charge in [-0.2, -0.15) is 0 Å². The van der Waals surface area contributed by atoms with Crippen LogP contribution in [0.15, 0.2) is 23.1 Å². The molecule has 1 fully saturated rings. The number of piperazine rings is 1. The Morgan fingerprint density at radius 3 is 2.57 bits per heavy atom. The van der Waals surface area contributed by atoms with Gasteiger partial charge in [0.1, 0.15) is 4.90 Å². The van der Waals surface area contributed by atoms with Gasteiger partial charge >= 0.3 is 0 Å². The number of nitrogens with two attached hydrogens (primary N) is 1. The SMILES string of the molecule is CN1CCN(CCNS(=O)(=O)c2ccc(Cl)cc2N)CC1. The molecule has 3 N–H and O–H groups in total. The van der Waals surface area contributed by atoms with E-state index in [1.54, 1.807) is 0 Å². The van der Waals surface area contributed by atoms with E-state index in [0.29, 0.717) is 18.1 Å². The third-order valence-electron chi connectivity index (χ3n) is 3.58. The maximum Gasteiger partial charge on any atom is 0.242 e. The molecule has 0 amide bonds. The summed E-state index contributed by atoms with van der Waals surface area (Å²) in [7, 11) is -1.50. The molecule has 0 unspecified atom stereocenters. The van der Waals surface area contributed by atoms with Crippen molar-refractivity contribution in [1.29, 1.82) is 0 Å². The summed E-state index contributed by atoms with van der Waals surface area (Å²) in [6.07, 6.45) is 0. The van der Waals surface area contributed by atoms with E-state index in [9.17, 15) is 8.42 Å². The quantitative estimate of drug-likeness (QED) is 0.765. The van der Waals surface area contributed by atoms with Crippen LogP contribution in [0.5, 0.6) is 0 Å². The van der Waals surface area contributed by atoms with Crippen LogP contribution in [0, 0.1) is 0 Å². The van der Waals surface area contributed by atoms with Gasteiger partial charge in [0.05, 0.1) is 5.69 Å². The third-order valence-corrected chi connectivity index (χ3v) is 5.35. The molecule has 1 aliphatic heterocycles. The Morgan fingerprint density at radius 2 is 1.95 bits per heavy atom. The summed E-state index contributed by atoms with van der Waals surface area (Å²) < 4.78 is 27.0. The number of halogens is 1. The van der Waals surface area contributed by atoms with Gasteiger partial charge in [-0.25, -0.2) is 13.1 Å². The molecule has 21 heavy (non-hydrogen) atoms. The fourth-order valence-corrected chi connectivity index (χ4v) is 3.56. The second-order valence-corrected chi connectivity index (χ2v) is 7.40. The Bertz CT molecular complexity index is 586. The van der Waals surface area contributed by atoms with Crippen molar-refractivity contribution in [2.75, 3.05) is 52.0 Å². The van der Waals surface area contributed by atoms with Crippen molar-refractivity contribution in [1.82, 2.24) is 14.5 Å². The Labute approximate surface area is 130 Å². The van der Waals surface area contributed by atoms with Crippen LogP contribution in [-0.4, -0.2) is 64.5 Å². The van der Waals surface area contributed by atoms with E-state index >= 15 is 0 Å². The lowest BCUT2D eigenvalue weighted by Gasteiger charge is -2.32. The van der Waals surface area contributed by atoms with Crippen LogP contribution in [-0.2, 0) is 10.0 Å². The largest absolute Gasteiger partial charge is 0.398 e. The maximum absolute atomic E-state index is 12.2. The van der Waals surface area contributed by atoms with Crippen LogP contribution < -0.4 is 10.5 Å². The fourth-order valence-electron chi connectivity index (χ4n) is 2.25. The third kappa shape index (κ3) is 4.55. The van der Waals surface area contributed by atoms with Gasteiger partial charge in [0.2, 0.25) is 10.0 Å². The molecule has 0 aromatic heterocycles. The van der Waals surface area contributed by atoms with Crippen molar-refractivity contribution in [3.05, 3.63) is 23.2 Å². The summed E-state index contributed by atoms with van der Waals surface area (Å²) in [4.78, 5) is 4.58. The average Bonchev–Trinajstić information content (AvgIpc) is 2.40. The molecule has 2 rings (SSSR count). The van der Waals surface area contributed by atoms with Gasteiger partial charge in [0, 0.05) is 44.3 Å². The summed E-state index contributed by atoms with van der Waals surface area (Å²) in [6.45, 7) is 5.01. The van der Waals surface area contributed by atoms with Crippen molar-refractivity contribution in [2.45, 2.75) is 4.90 Å². The van der Waals surface area contributed by atoms with Crippen LogP contribution >= 0.6 is 11.6 Å². The first-order chi connectivity index (χ1) is 9.88. The van der Waals surface area contributed by atoms with Crippen molar-refractivity contribution in [2.24, 2.45) is 0 Å². The zero-order chi connectivity index (χ0) is 15.5. The van der Waals surface area contributed by atoms with Crippen LogP contribution in [0.25, 0.3) is 0 Å². The van der Waals surface area contributed by atoms with Crippen LogP contribution in [0.3, 0.4) is 0 Å². The van der Waals surface area contributed by atoms with Gasteiger partial charge < -0.3 is 10.6 Å². The lowest BCUT2D eigenvalue weighted by molar-refractivity contribution is 0.156. The second kappa shape index (κ2) is 6.93. The number of rotatable bonds is 5. The van der Waals surface area contributed by atoms with Crippen LogP contribution in [0.2, 0.25) is 5.02 Å². The molecule has 1 heterocycles. The minimum atomic E-state index is -3.59. The molecule has 8 heteroatoms. The highest BCUT2D eigenvalue weighted by Gasteiger charge is 2.18. The summed E-state index contributed by atoms with van der Waals surface area (Å²) in [6, 6.07) is 4.39. The van der Waals surface area contributed by atoms with Crippen LogP contribution in [0.4, 0.5) is 5.69 Å². The number of likely N-dealkylation sites (N-methyl/N-ethyl adjacent to an activating group) is 1. The lowest BCUT2D eigenvalue weighted by Crippen LogP contribution is -2.46. The van der Waals surface area contributed by atoms with Gasteiger partial charge in [0.25, 0.3) is 0 Å². The summed E-state index contributed by atoms with van der Waals surface area (Å²) in [5.41, 5.74) is 5.88. The number of anilines is 1. The zero-order valence-electron chi connectivity index (χ0n) is 12.0. The molecule has 1 aromatic rings. The molecule has 0 spiro atoms. The second-order valence-electron chi connectivity index (χ2n) is 5.22. The molecule has 0 aliphatic carbocycles. The Hall–Kier alpha value is -0.860. The highest BCUT2D eigenvalue weighted by Crippen LogP contribution is 2.22. The number of benzene rings is 1. The Balaban J connectivity index is 1.89. The highest BCUT2D eigenvalue weighted by atomic mass is 35.5. The molecular weight excluding hydrogens is 312 g/mol. The molecule has 0 bridgehead atoms. The van der Waals surface area contributed by atoms with Gasteiger partial charge in [-0.05, 0) is 25.2 Å². The van der Waals surface area contributed by atoms with E-state index in [1.165, 1.54) is 18.2 Å². The van der Waals surface area contributed by atoms with E-state index in [1.807, 2.05) is 0 Å². The minimum absolute atomic E-state index is 0.0743. The van der Waals surface area contributed by atoms with E-state index < -0.39 is 10.0 Å². The van der Waals surface area contributed by atoms with E-state index in [-0.39, 0.29) is 10.6 Å². The van der Waals surface area contributed by atoms with Crippen molar-refractivity contribution >= 4 is 27.3 Å². The fraction of sp³-hybridized carbons (Fsp3) is 0.538. The average molecular weight is 333 g/mol. The van der Waals surface area contributed by atoms with Crippen molar-refractivity contribution in [3.8, 4) is 0 Å². The molecule has 1 aliphatic rings. The van der Waals surface area contributed by atoms with E-state index in [0.717, 1.165) is 26.2 Å². The van der Waals surface area contributed by atoms with Gasteiger partial charge in [0.15, 0.2) is 0 Å². The predicted octanol–water partition coefficient (Wildman–Crippen LogP) is 0.448. The standard InChI is InChI=1S/C13H21ClN4O2S/c1-17-6-8-18(9-7-17)5-4-16-21(19,20)13-3-2-11(14)10-12(13)15/h2-3,10,16H,4-9,15H2,1H3. The minimum Gasteiger partial charge on any atom is -0.398 e. The molecule has 0 radical (unpaired) electrons. The number of hydrogen-bond acceptors (Lipinski definition) is 5. The Kier molecular flexibility index (Phi) is 5.45. The number of sulfonamides is 1. The lowest BCUT2D eigenvalue weighted by atomic mass is 10.3. The maximum atomic E-state index is 12.2. The number of nitrogens with one attached hydrogen (secondary N) is 1. The predicted molar refractivity (Wildman–Crippen MR) is 85.0 cm³/mol. The number of hydrogen-bond donors (Lipinski definition) is 2. The number of nitrogens with zero attached hydrogens (tertiary/aromatic N) is 2. The van der Waals surface area contributed by atoms with Crippen LogP contribution in [0.1, 0.15) is 0 Å². The van der Waals surface area contributed by atoms with Gasteiger partial charge in [-0.15, -0.1) is 0 Å². The van der Waals surface area contributed by atoms with Crippen molar-refractivity contribution < 1.29 is 8.42 Å². The first-order valence-corrected chi connectivity index (χ1v) is 8.70. The molecule has 6 nitrogen and oxygen atoms in total. The monoisotopic (exact) mass is 332 g/mol. The molecule has 118 valence electrons. The number of nitrogen functional groups attached to an aromatic ring is 1. The van der Waals surface area contributed by atoms with Crippen molar-refractivity contribution in [3.63, 3.8) is 0 Å². The first-order valence-electron chi connectivity index (χ1n) is 6.84.